The van der Waals surface area contributed by atoms with E-state index >= 15 is 0 Å². The summed E-state index contributed by atoms with van der Waals surface area (Å²) in [6.45, 7) is 3.77. The van der Waals surface area contributed by atoms with Gasteiger partial charge in [0.1, 0.15) is 6.10 Å². The van der Waals surface area contributed by atoms with Gasteiger partial charge in [0.25, 0.3) is 0 Å². The summed E-state index contributed by atoms with van der Waals surface area (Å²) in [5.74, 6) is 0.712. The normalized spacial score (nSPS) is 30.5. The molecule has 1 N–H and O–H groups in total. The Morgan fingerprint density at radius 3 is 2.53 bits per heavy atom. The summed E-state index contributed by atoms with van der Waals surface area (Å²) >= 11 is 0. The standard InChI is InChI=1S/C21H23NO5.CH2O3.Na/c1-11(23)25-16-6-4-13-10-15-14-5-7-17(26-12(2)24)20-21(14,8-9-22(15)3)18(13)19(16)27-20;2-1(3)4;/h4-7,14-15,17,20H,8-10H2,1-3H3;(H2,2,3,4);/q;;+1/p-1/t14-,15+,17-,20-,21-;;/m0../s1. The van der Waals surface area contributed by atoms with Crippen LogP contribution in [0.15, 0.2) is 24.3 Å². The first-order valence-electron chi connectivity index (χ1n) is 10.1. The van der Waals surface area contributed by atoms with Crippen molar-refractivity contribution >= 4 is 18.1 Å². The van der Waals surface area contributed by atoms with E-state index in [-0.39, 0.29) is 58.9 Å². The summed E-state index contributed by atoms with van der Waals surface area (Å²) in [5.41, 5.74) is 2.15. The number of carbonyl (C=O) groups is 3. The quantitative estimate of drug-likeness (QED) is 0.232. The molecule has 32 heavy (non-hydrogen) atoms. The number of hydrogen-bond acceptors (Lipinski definition) is 8. The van der Waals surface area contributed by atoms with Crippen molar-refractivity contribution < 1.29 is 68.4 Å². The molecule has 5 atom stereocenters. The van der Waals surface area contributed by atoms with Gasteiger partial charge in [0.15, 0.2) is 17.6 Å². The number of ether oxygens (including phenoxy) is 3. The molecule has 10 heteroatoms. The Morgan fingerprint density at radius 2 is 1.91 bits per heavy atom. The molecule has 1 fully saturated rings. The number of rotatable bonds is 2. The van der Waals surface area contributed by atoms with Crippen LogP contribution in [0, 0.1) is 5.92 Å². The van der Waals surface area contributed by atoms with Gasteiger partial charge in [0, 0.05) is 36.8 Å². The average Bonchev–Trinajstić information content (AvgIpc) is 3.01. The number of esters is 2. The third-order valence-electron chi connectivity index (χ3n) is 6.67. The van der Waals surface area contributed by atoms with Gasteiger partial charge in [-0.2, -0.15) is 0 Å². The number of nitrogens with zero attached hydrogens (tertiary/aromatic N) is 1. The molecule has 4 aliphatic rings. The molecule has 5 rings (SSSR count). The molecule has 0 unspecified atom stereocenters. The Morgan fingerprint density at radius 1 is 1.22 bits per heavy atom. The number of hydrogen-bond donors (Lipinski definition) is 1. The van der Waals surface area contributed by atoms with Gasteiger partial charge in [0.2, 0.25) is 6.16 Å². The average molecular weight is 453 g/mol. The second-order valence-electron chi connectivity index (χ2n) is 8.35. The number of likely N-dealkylation sites (tertiary alicyclic amines) is 1. The summed E-state index contributed by atoms with van der Waals surface area (Å²) < 4.78 is 17.5. The van der Waals surface area contributed by atoms with Crippen molar-refractivity contribution in [3.05, 3.63) is 35.4 Å². The Hall–Kier alpha value is -2.07. The SMILES string of the molecule is CC(=O)Oc1ccc2c3c1O[C@H]1[C@@H](OC(C)=O)C=C[C@H]4[C@@H](C2)N(C)CC[C@@]341.O=C([O-])O.[Na+]. The largest absolute Gasteiger partial charge is 1.00 e. The maximum absolute atomic E-state index is 11.7. The predicted octanol–water partition coefficient (Wildman–Crippen LogP) is -2.12. The number of carboxylic acid groups (broad SMARTS) is 2. The molecule has 0 saturated carbocycles. The van der Waals surface area contributed by atoms with E-state index in [1.807, 2.05) is 12.1 Å². The molecule has 1 saturated heterocycles. The van der Waals surface area contributed by atoms with Crippen molar-refractivity contribution in [1.82, 2.24) is 4.90 Å². The first-order chi connectivity index (χ1) is 14.6. The molecule has 2 aliphatic carbocycles. The zero-order valence-electron chi connectivity index (χ0n) is 18.5. The van der Waals surface area contributed by atoms with Crippen LogP contribution in [0.3, 0.4) is 0 Å². The van der Waals surface area contributed by atoms with E-state index in [4.69, 9.17) is 29.2 Å². The zero-order chi connectivity index (χ0) is 22.5. The molecule has 2 bridgehead atoms. The molecule has 0 radical (unpaired) electrons. The van der Waals surface area contributed by atoms with E-state index < -0.39 is 12.3 Å². The fraction of sp³-hybridized carbons (Fsp3) is 0.500. The molecule has 9 nitrogen and oxygen atoms in total. The minimum atomic E-state index is -2.08. The van der Waals surface area contributed by atoms with Crippen molar-refractivity contribution in [2.75, 3.05) is 13.6 Å². The van der Waals surface area contributed by atoms with Crippen LogP contribution in [0.5, 0.6) is 11.5 Å². The van der Waals surface area contributed by atoms with Crippen molar-refractivity contribution in [3.63, 3.8) is 0 Å². The molecular formula is C22H24NNaO8. The summed E-state index contributed by atoms with van der Waals surface area (Å²) in [4.78, 5) is 34.1. The molecule has 166 valence electrons. The van der Waals surface area contributed by atoms with E-state index in [2.05, 4.69) is 24.1 Å². The van der Waals surface area contributed by atoms with E-state index in [1.54, 1.807) is 0 Å². The first-order valence-corrected chi connectivity index (χ1v) is 10.1. The molecule has 2 aliphatic heterocycles. The topological polar surface area (TPSA) is 125 Å². The minimum Gasteiger partial charge on any atom is -0.565 e. The van der Waals surface area contributed by atoms with E-state index in [0.29, 0.717) is 17.5 Å². The van der Waals surface area contributed by atoms with Crippen molar-refractivity contribution in [2.45, 2.75) is 50.4 Å². The number of piperidine rings is 1. The minimum absolute atomic E-state index is 0. The maximum Gasteiger partial charge on any atom is 1.00 e. The number of benzene rings is 1. The smallest absolute Gasteiger partial charge is 0.565 e. The summed E-state index contributed by atoms with van der Waals surface area (Å²) in [5, 5.41) is 15.3. The van der Waals surface area contributed by atoms with Gasteiger partial charge in [-0.3, -0.25) is 9.59 Å². The third-order valence-corrected chi connectivity index (χ3v) is 6.67. The van der Waals surface area contributed by atoms with Gasteiger partial charge in [-0.05, 0) is 44.1 Å². The van der Waals surface area contributed by atoms with Crippen LogP contribution in [0.1, 0.15) is 31.4 Å². The Balaban J connectivity index is 0.000000536. The van der Waals surface area contributed by atoms with Crippen LogP contribution >= 0.6 is 0 Å². The van der Waals surface area contributed by atoms with Crippen LogP contribution in [0.4, 0.5) is 4.79 Å². The second kappa shape index (κ2) is 9.05. The van der Waals surface area contributed by atoms with E-state index in [0.717, 1.165) is 24.9 Å². The van der Waals surface area contributed by atoms with E-state index in [9.17, 15) is 9.59 Å². The van der Waals surface area contributed by atoms with Gasteiger partial charge in [0.05, 0.1) is 0 Å². The van der Waals surface area contributed by atoms with Crippen LogP contribution in [0.2, 0.25) is 0 Å². The van der Waals surface area contributed by atoms with Crippen LogP contribution in [-0.4, -0.2) is 59.9 Å². The fourth-order valence-electron chi connectivity index (χ4n) is 5.74. The van der Waals surface area contributed by atoms with Crippen molar-refractivity contribution in [1.29, 1.82) is 0 Å². The molecule has 0 aromatic heterocycles. The van der Waals surface area contributed by atoms with Crippen molar-refractivity contribution in [3.8, 4) is 11.5 Å². The fourth-order valence-corrected chi connectivity index (χ4v) is 5.74. The van der Waals surface area contributed by atoms with Gasteiger partial charge < -0.3 is 34.1 Å². The summed E-state index contributed by atoms with van der Waals surface area (Å²) in [6.07, 6.45) is 3.23. The maximum atomic E-state index is 11.7. The molecule has 1 aromatic rings. The predicted molar refractivity (Wildman–Crippen MR) is 105 cm³/mol. The molecule has 1 aromatic carbocycles. The van der Waals surface area contributed by atoms with Crippen LogP contribution < -0.4 is 44.1 Å². The summed E-state index contributed by atoms with van der Waals surface area (Å²) in [6, 6.07) is 4.28. The molecule has 1 spiro atoms. The Labute approximate surface area is 207 Å². The summed E-state index contributed by atoms with van der Waals surface area (Å²) in [7, 11) is 2.17. The van der Waals surface area contributed by atoms with Crippen molar-refractivity contribution in [2.24, 2.45) is 5.92 Å². The zero-order valence-corrected chi connectivity index (χ0v) is 20.5. The van der Waals surface area contributed by atoms with Gasteiger partial charge in [-0.15, -0.1) is 0 Å². The molecular weight excluding hydrogens is 429 g/mol. The molecule has 0 amide bonds. The monoisotopic (exact) mass is 453 g/mol. The van der Waals surface area contributed by atoms with Gasteiger partial charge in [-0.1, -0.05) is 12.1 Å². The third kappa shape index (κ3) is 3.91. The Kier molecular flexibility index (Phi) is 6.95. The Bertz CT molecular complexity index is 975. The number of likely N-dealkylation sites (N-methyl/N-ethyl adjacent to an activating group) is 1. The van der Waals surface area contributed by atoms with E-state index in [1.165, 1.54) is 19.4 Å². The van der Waals surface area contributed by atoms with Crippen LogP contribution in [-0.2, 0) is 26.2 Å². The van der Waals surface area contributed by atoms with Gasteiger partial charge >= 0.3 is 41.5 Å². The molecule has 2 heterocycles. The number of carbonyl (C=O) groups excluding carboxylic acids is 2. The second-order valence-corrected chi connectivity index (χ2v) is 8.35. The first kappa shape index (κ1) is 24.6. The van der Waals surface area contributed by atoms with Gasteiger partial charge in [-0.25, -0.2) is 0 Å². The van der Waals surface area contributed by atoms with Crippen LogP contribution in [0.25, 0.3) is 0 Å².